The van der Waals surface area contributed by atoms with E-state index in [4.69, 9.17) is 23.2 Å². The van der Waals surface area contributed by atoms with Crippen molar-refractivity contribution in [3.05, 3.63) is 64.1 Å². The van der Waals surface area contributed by atoms with Crippen LogP contribution < -0.4 is 0 Å². The first-order chi connectivity index (χ1) is 9.54. The Bertz CT molecular complexity index is 599. The number of aliphatic carboxylic acids is 1. The van der Waals surface area contributed by atoms with E-state index >= 15 is 0 Å². The van der Waals surface area contributed by atoms with E-state index in [2.05, 4.69) is 0 Å². The van der Waals surface area contributed by atoms with Gasteiger partial charge in [0.05, 0.1) is 0 Å². The monoisotopic (exact) mass is 326 g/mol. The van der Waals surface area contributed by atoms with Crippen LogP contribution in [-0.4, -0.2) is 16.3 Å². The van der Waals surface area contributed by atoms with Gasteiger partial charge in [0.25, 0.3) is 0 Å². The molecule has 0 fully saturated rings. The van der Waals surface area contributed by atoms with Gasteiger partial charge in [-0.1, -0.05) is 35.3 Å². The second kappa shape index (κ2) is 7.02. The molecule has 1 N–H and O–H groups in total. The zero-order valence-corrected chi connectivity index (χ0v) is 12.8. The van der Waals surface area contributed by atoms with Crippen LogP contribution in [-0.2, 0) is 11.2 Å². The smallest absolute Gasteiger partial charge is 0.317 e. The number of rotatable bonds is 5. The summed E-state index contributed by atoms with van der Waals surface area (Å²) in [5, 5.41) is 10.0. The predicted molar refractivity (Wildman–Crippen MR) is 83.9 cm³/mol. The summed E-state index contributed by atoms with van der Waals surface area (Å²) in [6.07, 6.45) is 0.420. The molecule has 20 heavy (non-hydrogen) atoms. The summed E-state index contributed by atoms with van der Waals surface area (Å²) in [5.41, 5.74) is 0.909. The van der Waals surface area contributed by atoms with Crippen LogP contribution in [0, 0.1) is 0 Å². The fraction of sp³-hybridized carbons (Fsp3) is 0.133. The van der Waals surface area contributed by atoms with Crippen molar-refractivity contribution in [2.75, 3.05) is 0 Å². The molecule has 2 aromatic carbocycles. The summed E-state index contributed by atoms with van der Waals surface area (Å²) in [7, 11) is 0. The molecular formula is C15H12Cl2O2S. The van der Waals surface area contributed by atoms with E-state index in [1.54, 1.807) is 24.3 Å². The van der Waals surface area contributed by atoms with Gasteiger partial charge in [-0.15, -0.1) is 11.8 Å². The average molecular weight is 327 g/mol. The first-order valence-corrected chi connectivity index (χ1v) is 7.57. The molecule has 0 aliphatic heterocycles. The van der Waals surface area contributed by atoms with Crippen LogP contribution in [0.5, 0.6) is 0 Å². The minimum atomic E-state index is -0.843. The van der Waals surface area contributed by atoms with Crippen molar-refractivity contribution in [1.29, 1.82) is 0 Å². The number of carbonyl (C=O) groups is 1. The summed E-state index contributed by atoms with van der Waals surface area (Å²) < 4.78 is 0. The summed E-state index contributed by atoms with van der Waals surface area (Å²) in [6, 6.07) is 14.4. The fourth-order valence-electron chi connectivity index (χ4n) is 1.73. The van der Waals surface area contributed by atoms with Crippen molar-refractivity contribution < 1.29 is 9.90 Å². The lowest BCUT2D eigenvalue weighted by molar-refractivity contribution is -0.136. The van der Waals surface area contributed by atoms with E-state index < -0.39 is 11.2 Å². The Morgan fingerprint density at radius 1 is 1.10 bits per heavy atom. The molecule has 1 unspecified atom stereocenters. The van der Waals surface area contributed by atoms with Gasteiger partial charge in [-0.2, -0.15) is 0 Å². The zero-order valence-electron chi connectivity index (χ0n) is 10.4. The van der Waals surface area contributed by atoms with Crippen LogP contribution in [0.2, 0.25) is 10.0 Å². The minimum Gasteiger partial charge on any atom is -0.480 e. The van der Waals surface area contributed by atoms with Gasteiger partial charge in [0.1, 0.15) is 5.25 Å². The molecule has 0 bridgehead atoms. The highest BCUT2D eigenvalue weighted by atomic mass is 35.5. The Morgan fingerprint density at radius 3 is 2.40 bits per heavy atom. The van der Waals surface area contributed by atoms with Crippen molar-refractivity contribution in [2.45, 2.75) is 16.6 Å². The molecule has 0 saturated carbocycles. The highest BCUT2D eigenvalue weighted by molar-refractivity contribution is 8.00. The molecule has 2 aromatic rings. The predicted octanol–water partition coefficient (Wildman–Crippen LogP) is 4.78. The van der Waals surface area contributed by atoms with Crippen molar-refractivity contribution in [2.24, 2.45) is 0 Å². The topological polar surface area (TPSA) is 37.3 Å². The van der Waals surface area contributed by atoms with Crippen molar-refractivity contribution in [3.8, 4) is 0 Å². The van der Waals surface area contributed by atoms with E-state index in [9.17, 15) is 9.90 Å². The van der Waals surface area contributed by atoms with Crippen LogP contribution in [0.4, 0.5) is 0 Å². The number of carboxylic acids is 1. The van der Waals surface area contributed by atoms with E-state index in [1.807, 2.05) is 24.3 Å². The van der Waals surface area contributed by atoms with Crippen molar-refractivity contribution in [3.63, 3.8) is 0 Å². The molecule has 0 amide bonds. The molecule has 1 atom stereocenters. The third kappa shape index (κ3) is 4.44. The van der Waals surface area contributed by atoms with Gasteiger partial charge in [0.15, 0.2) is 0 Å². The number of halogens is 2. The van der Waals surface area contributed by atoms with Gasteiger partial charge in [-0.25, -0.2) is 0 Å². The van der Waals surface area contributed by atoms with Gasteiger partial charge in [0.2, 0.25) is 0 Å². The molecular weight excluding hydrogens is 315 g/mol. The summed E-state index contributed by atoms with van der Waals surface area (Å²) in [6.45, 7) is 0. The molecule has 0 aromatic heterocycles. The number of carboxylic acid groups (broad SMARTS) is 1. The Kier molecular flexibility index (Phi) is 5.35. The summed E-state index contributed by atoms with van der Waals surface area (Å²) >= 11 is 13.0. The fourth-order valence-corrected chi connectivity index (χ4v) is 3.07. The van der Waals surface area contributed by atoms with E-state index in [1.165, 1.54) is 11.8 Å². The SMILES string of the molecule is O=C(O)C(Cc1cccc(Cl)c1)Sc1ccc(Cl)cc1. The molecule has 5 heteroatoms. The molecule has 0 radical (unpaired) electrons. The number of benzene rings is 2. The second-order valence-electron chi connectivity index (χ2n) is 4.23. The molecule has 0 heterocycles. The summed E-state index contributed by atoms with van der Waals surface area (Å²) in [4.78, 5) is 12.3. The van der Waals surface area contributed by atoms with Gasteiger partial charge < -0.3 is 5.11 Å². The van der Waals surface area contributed by atoms with Crippen LogP contribution in [0.15, 0.2) is 53.4 Å². The Hall–Kier alpha value is -1.16. The van der Waals surface area contributed by atoms with E-state index in [0.29, 0.717) is 16.5 Å². The molecule has 0 aliphatic carbocycles. The Morgan fingerprint density at radius 2 is 1.80 bits per heavy atom. The number of thioether (sulfide) groups is 1. The van der Waals surface area contributed by atoms with Gasteiger partial charge in [-0.05, 0) is 48.4 Å². The van der Waals surface area contributed by atoms with Crippen LogP contribution >= 0.6 is 35.0 Å². The number of hydrogen-bond donors (Lipinski definition) is 1. The molecule has 2 rings (SSSR count). The van der Waals surface area contributed by atoms with Gasteiger partial charge in [0, 0.05) is 14.9 Å². The maximum absolute atomic E-state index is 11.4. The quantitative estimate of drug-likeness (QED) is 0.803. The zero-order chi connectivity index (χ0) is 14.5. The normalized spacial score (nSPS) is 12.1. The standard InChI is InChI=1S/C15H12Cl2O2S/c16-11-4-6-13(7-5-11)20-14(15(18)19)9-10-2-1-3-12(17)8-10/h1-8,14H,9H2,(H,18,19). The van der Waals surface area contributed by atoms with Gasteiger partial charge in [-0.3, -0.25) is 4.79 Å². The minimum absolute atomic E-state index is 0.420. The van der Waals surface area contributed by atoms with Crippen LogP contribution in [0.3, 0.4) is 0 Å². The third-order valence-electron chi connectivity index (χ3n) is 2.68. The van der Waals surface area contributed by atoms with Crippen LogP contribution in [0.25, 0.3) is 0 Å². The number of hydrogen-bond acceptors (Lipinski definition) is 2. The first kappa shape index (κ1) is 15.2. The highest BCUT2D eigenvalue weighted by Crippen LogP contribution is 2.27. The molecule has 104 valence electrons. The largest absolute Gasteiger partial charge is 0.480 e. The van der Waals surface area contributed by atoms with Crippen molar-refractivity contribution >= 4 is 40.9 Å². The highest BCUT2D eigenvalue weighted by Gasteiger charge is 2.19. The third-order valence-corrected chi connectivity index (χ3v) is 4.36. The van der Waals surface area contributed by atoms with Crippen molar-refractivity contribution in [1.82, 2.24) is 0 Å². The van der Waals surface area contributed by atoms with Crippen LogP contribution in [0.1, 0.15) is 5.56 Å². The van der Waals surface area contributed by atoms with E-state index in [-0.39, 0.29) is 0 Å². The Labute approximate surface area is 131 Å². The second-order valence-corrected chi connectivity index (χ2v) is 6.38. The Balaban J connectivity index is 2.11. The average Bonchev–Trinajstić information content (AvgIpc) is 2.40. The lowest BCUT2D eigenvalue weighted by atomic mass is 10.1. The maximum Gasteiger partial charge on any atom is 0.317 e. The molecule has 0 aliphatic rings. The van der Waals surface area contributed by atoms with E-state index in [0.717, 1.165) is 10.5 Å². The lowest BCUT2D eigenvalue weighted by Gasteiger charge is -2.12. The molecule has 0 saturated heterocycles. The van der Waals surface area contributed by atoms with Gasteiger partial charge >= 0.3 is 5.97 Å². The molecule has 2 nitrogen and oxygen atoms in total. The maximum atomic E-state index is 11.4. The molecule has 0 spiro atoms. The first-order valence-electron chi connectivity index (χ1n) is 5.94. The lowest BCUT2D eigenvalue weighted by Crippen LogP contribution is -2.19. The summed E-state index contributed by atoms with van der Waals surface area (Å²) in [5.74, 6) is -0.843.